The molecular formula is C10H11N3O. The maximum absolute atomic E-state index is 10.7. The number of nitrogens with one attached hydrogen (secondary N) is 1. The van der Waals surface area contributed by atoms with Gasteiger partial charge in [-0.15, -0.1) is 0 Å². The molecule has 0 heterocycles. The molecule has 1 aromatic carbocycles. The van der Waals surface area contributed by atoms with E-state index in [2.05, 4.69) is 5.32 Å². The zero-order valence-corrected chi connectivity index (χ0v) is 7.82. The van der Waals surface area contributed by atoms with E-state index in [9.17, 15) is 4.79 Å². The summed E-state index contributed by atoms with van der Waals surface area (Å²) in [4.78, 5) is 10.7. The first-order valence-electron chi connectivity index (χ1n) is 4.16. The molecule has 0 bridgehead atoms. The van der Waals surface area contributed by atoms with Gasteiger partial charge in [0.05, 0.1) is 6.07 Å². The first-order valence-corrected chi connectivity index (χ1v) is 4.16. The molecule has 0 aliphatic heterocycles. The highest BCUT2D eigenvalue weighted by Crippen LogP contribution is 2.13. The molecule has 1 unspecified atom stereocenters. The van der Waals surface area contributed by atoms with Gasteiger partial charge in [-0.25, -0.2) is 0 Å². The van der Waals surface area contributed by atoms with Crippen molar-refractivity contribution < 1.29 is 4.79 Å². The summed E-state index contributed by atoms with van der Waals surface area (Å²) in [6.07, 6.45) is 0. The molecule has 4 nitrogen and oxygen atoms in total. The van der Waals surface area contributed by atoms with E-state index in [0.717, 1.165) is 5.56 Å². The van der Waals surface area contributed by atoms with Crippen LogP contribution in [-0.4, -0.2) is 5.91 Å². The molecule has 1 amide bonds. The van der Waals surface area contributed by atoms with Gasteiger partial charge in [-0.05, 0) is 17.7 Å². The topological polar surface area (TPSA) is 78.9 Å². The molecule has 14 heavy (non-hydrogen) atoms. The Bertz CT molecular complexity index is 364. The highest BCUT2D eigenvalue weighted by atomic mass is 16.1. The highest BCUT2D eigenvalue weighted by Gasteiger charge is 2.03. The zero-order valence-electron chi connectivity index (χ0n) is 7.82. The van der Waals surface area contributed by atoms with Crippen LogP contribution in [0.2, 0.25) is 0 Å². The number of anilines is 1. The van der Waals surface area contributed by atoms with Crippen LogP contribution in [0.3, 0.4) is 0 Å². The molecule has 72 valence electrons. The molecule has 0 aromatic heterocycles. The third-order valence-corrected chi connectivity index (χ3v) is 1.73. The maximum atomic E-state index is 10.7. The van der Waals surface area contributed by atoms with Crippen LogP contribution in [0.4, 0.5) is 5.69 Å². The van der Waals surface area contributed by atoms with Gasteiger partial charge in [-0.3, -0.25) is 4.79 Å². The van der Waals surface area contributed by atoms with E-state index in [1.807, 2.05) is 6.07 Å². The second-order valence-electron chi connectivity index (χ2n) is 2.91. The second kappa shape index (κ2) is 4.40. The average Bonchev–Trinajstić information content (AvgIpc) is 2.17. The van der Waals surface area contributed by atoms with Crippen LogP contribution in [0.1, 0.15) is 18.5 Å². The molecule has 4 heteroatoms. The fourth-order valence-electron chi connectivity index (χ4n) is 1.05. The number of hydrogen-bond donors (Lipinski definition) is 2. The van der Waals surface area contributed by atoms with E-state index >= 15 is 0 Å². The molecule has 1 rings (SSSR count). The van der Waals surface area contributed by atoms with Gasteiger partial charge in [0.2, 0.25) is 5.91 Å². The SMILES string of the molecule is CC(=O)Nc1ccc(C(N)C#N)cc1. The van der Waals surface area contributed by atoms with Crippen molar-refractivity contribution in [3.63, 3.8) is 0 Å². The van der Waals surface area contributed by atoms with Crippen molar-refractivity contribution in [1.29, 1.82) is 5.26 Å². The normalized spacial score (nSPS) is 11.5. The van der Waals surface area contributed by atoms with Crippen LogP contribution < -0.4 is 11.1 Å². The van der Waals surface area contributed by atoms with Crippen molar-refractivity contribution in [3.05, 3.63) is 29.8 Å². The quantitative estimate of drug-likeness (QED) is 0.732. The minimum Gasteiger partial charge on any atom is -0.326 e. The van der Waals surface area contributed by atoms with Crippen molar-refractivity contribution in [2.75, 3.05) is 5.32 Å². The predicted octanol–water partition coefficient (Wildman–Crippen LogP) is 1.17. The van der Waals surface area contributed by atoms with Crippen LogP contribution >= 0.6 is 0 Å². The van der Waals surface area contributed by atoms with E-state index in [0.29, 0.717) is 5.69 Å². The van der Waals surface area contributed by atoms with Gasteiger partial charge < -0.3 is 11.1 Å². The molecule has 0 radical (unpaired) electrons. The third-order valence-electron chi connectivity index (χ3n) is 1.73. The summed E-state index contributed by atoms with van der Waals surface area (Å²) in [7, 11) is 0. The molecule has 3 N–H and O–H groups in total. The summed E-state index contributed by atoms with van der Waals surface area (Å²) in [6, 6.07) is 8.20. The summed E-state index contributed by atoms with van der Waals surface area (Å²) in [5.41, 5.74) is 6.94. The van der Waals surface area contributed by atoms with E-state index < -0.39 is 6.04 Å². The number of nitriles is 1. The number of hydrogen-bond acceptors (Lipinski definition) is 3. The van der Waals surface area contributed by atoms with E-state index in [4.69, 9.17) is 11.0 Å². The van der Waals surface area contributed by atoms with E-state index in [-0.39, 0.29) is 5.91 Å². The summed E-state index contributed by atoms with van der Waals surface area (Å²) < 4.78 is 0. The lowest BCUT2D eigenvalue weighted by molar-refractivity contribution is -0.114. The number of nitrogens with zero attached hydrogens (tertiary/aromatic N) is 1. The monoisotopic (exact) mass is 189 g/mol. The second-order valence-corrected chi connectivity index (χ2v) is 2.91. The number of carbonyl (C=O) groups is 1. The van der Waals surface area contributed by atoms with Crippen molar-refractivity contribution in [2.45, 2.75) is 13.0 Å². The van der Waals surface area contributed by atoms with Gasteiger partial charge in [0.25, 0.3) is 0 Å². The van der Waals surface area contributed by atoms with E-state index in [1.54, 1.807) is 24.3 Å². The Balaban J connectivity index is 2.79. The number of nitrogens with two attached hydrogens (primary N) is 1. The van der Waals surface area contributed by atoms with Crippen LogP contribution in [0, 0.1) is 11.3 Å². The largest absolute Gasteiger partial charge is 0.326 e. The lowest BCUT2D eigenvalue weighted by Crippen LogP contribution is -2.08. The van der Waals surface area contributed by atoms with Gasteiger partial charge in [-0.2, -0.15) is 5.26 Å². The van der Waals surface area contributed by atoms with Gasteiger partial charge >= 0.3 is 0 Å². The van der Waals surface area contributed by atoms with Crippen LogP contribution in [0.15, 0.2) is 24.3 Å². The molecule has 0 aliphatic rings. The number of carbonyl (C=O) groups excluding carboxylic acids is 1. The first-order chi connectivity index (χ1) is 6.63. The fraction of sp³-hybridized carbons (Fsp3) is 0.200. The van der Waals surface area contributed by atoms with Crippen molar-refractivity contribution in [3.8, 4) is 6.07 Å². The molecule has 0 spiro atoms. The summed E-state index contributed by atoms with van der Waals surface area (Å²) >= 11 is 0. The molecular weight excluding hydrogens is 178 g/mol. The highest BCUT2D eigenvalue weighted by molar-refractivity contribution is 5.88. The van der Waals surface area contributed by atoms with E-state index in [1.165, 1.54) is 6.92 Å². The Labute approximate surface area is 82.3 Å². The van der Waals surface area contributed by atoms with Crippen molar-refractivity contribution in [1.82, 2.24) is 0 Å². The van der Waals surface area contributed by atoms with Crippen molar-refractivity contribution in [2.24, 2.45) is 5.73 Å². The Morgan fingerprint density at radius 1 is 1.50 bits per heavy atom. The minimum absolute atomic E-state index is 0.123. The van der Waals surface area contributed by atoms with Crippen LogP contribution in [0.25, 0.3) is 0 Å². The van der Waals surface area contributed by atoms with Crippen molar-refractivity contribution >= 4 is 11.6 Å². The average molecular weight is 189 g/mol. The van der Waals surface area contributed by atoms with Crippen LogP contribution in [0.5, 0.6) is 0 Å². The minimum atomic E-state index is -0.610. The third kappa shape index (κ3) is 2.57. The Morgan fingerprint density at radius 2 is 2.07 bits per heavy atom. The molecule has 0 fully saturated rings. The van der Waals surface area contributed by atoms with Gasteiger partial charge in [-0.1, -0.05) is 12.1 Å². The Morgan fingerprint density at radius 3 is 2.50 bits per heavy atom. The maximum Gasteiger partial charge on any atom is 0.221 e. The smallest absolute Gasteiger partial charge is 0.221 e. The van der Waals surface area contributed by atoms with Gasteiger partial charge in [0, 0.05) is 12.6 Å². The standard InChI is InChI=1S/C10H11N3O/c1-7(14)13-9-4-2-8(3-5-9)10(12)6-11/h2-5,10H,12H2,1H3,(H,13,14). The molecule has 0 saturated heterocycles. The molecule has 1 aromatic rings. The van der Waals surface area contributed by atoms with Gasteiger partial charge in [0.1, 0.15) is 6.04 Å². The lowest BCUT2D eigenvalue weighted by atomic mass is 10.1. The Kier molecular flexibility index (Phi) is 3.21. The predicted molar refractivity (Wildman–Crippen MR) is 53.3 cm³/mol. The number of amides is 1. The lowest BCUT2D eigenvalue weighted by Gasteiger charge is -2.05. The molecule has 1 atom stereocenters. The number of rotatable bonds is 2. The summed E-state index contributed by atoms with van der Waals surface area (Å²) in [6.45, 7) is 1.44. The van der Waals surface area contributed by atoms with Crippen LogP contribution in [-0.2, 0) is 4.79 Å². The number of benzene rings is 1. The van der Waals surface area contributed by atoms with Gasteiger partial charge in [0.15, 0.2) is 0 Å². The molecule has 0 saturated carbocycles. The fourth-order valence-corrected chi connectivity index (χ4v) is 1.05. The first kappa shape index (κ1) is 10.2. The Hall–Kier alpha value is -1.86. The summed E-state index contributed by atoms with van der Waals surface area (Å²) in [5.74, 6) is -0.123. The molecule has 0 aliphatic carbocycles. The summed E-state index contributed by atoms with van der Waals surface area (Å²) in [5, 5.41) is 11.2. The zero-order chi connectivity index (χ0) is 10.6.